The predicted molar refractivity (Wildman–Crippen MR) is 94.5 cm³/mol. The molecule has 1 saturated carbocycles. The molecule has 2 fully saturated rings. The summed E-state index contributed by atoms with van der Waals surface area (Å²) in [7, 11) is 3.25. The number of fused-ring (bicyclic) bond motifs is 3. The average Bonchev–Trinajstić information content (AvgIpc) is 3.32. The Morgan fingerprint density at radius 1 is 1.23 bits per heavy atom. The van der Waals surface area contributed by atoms with Gasteiger partial charge in [-0.15, -0.1) is 0 Å². The molecule has 3 heterocycles. The van der Waals surface area contributed by atoms with Crippen LogP contribution in [0.3, 0.4) is 0 Å². The zero-order valence-corrected chi connectivity index (χ0v) is 15.9. The SMILES string of the molecule is COCCN1C(=O)C2C(=Nc3n(C4CCCC4)c(C)c(C)[n+]32)N(C)C1=O. The van der Waals surface area contributed by atoms with Crippen molar-refractivity contribution >= 4 is 23.7 Å². The third-order valence-corrected chi connectivity index (χ3v) is 5.96. The van der Waals surface area contributed by atoms with Gasteiger partial charge in [0.15, 0.2) is 0 Å². The fourth-order valence-electron chi connectivity index (χ4n) is 4.45. The molecule has 0 aromatic carbocycles. The van der Waals surface area contributed by atoms with Crippen LogP contribution in [0.1, 0.15) is 49.2 Å². The first-order chi connectivity index (χ1) is 12.5. The van der Waals surface area contributed by atoms with Crippen molar-refractivity contribution in [2.45, 2.75) is 51.6 Å². The molecule has 0 bridgehead atoms. The summed E-state index contributed by atoms with van der Waals surface area (Å²) in [4.78, 5) is 33.3. The maximum absolute atomic E-state index is 13.1. The molecule has 1 aromatic heterocycles. The van der Waals surface area contributed by atoms with Gasteiger partial charge in [0.1, 0.15) is 11.4 Å². The Morgan fingerprint density at radius 3 is 2.58 bits per heavy atom. The zero-order valence-electron chi connectivity index (χ0n) is 15.9. The van der Waals surface area contributed by atoms with Gasteiger partial charge in [-0.25, -0.2) is 13.9 Å². The predicted octanol–water partition coefficient (Wildman–Crippen LogP) is 1.63. The summed E-state index contributed by atoms with van der Waals surface area (Å²) in [5.74, 6) is 1.10. The number of carbonyl (C=O) groups is 2. The van der Waals surface area contributed by atoms with Gasteiger partial charge in [-0.2, -0.15) is 0 Å². The molecule has 1 aliphatic carbocycles. The number of nitrogens with zero attached hydrogens (tertiary/aromatic N) is 5. The summed E-state index contributed by atoms with van der Waals surface area (Å²) < 4.78 is 9.35. The fraction of sp³-hybridized carbons (Fsp3) is 0.667. The maximum atomic E-state index is 13.1. The van der Waals surface area contributed by atoms with Gasteiger partial charge in [0.2, 0.25) is 11.9 Å². The van der Waals surface area contributed by atoms with Crippen molar-refractivity contribution in [2.24, 2.45) is 4.99 Å². The number of amides is 3. The van der Waals surface area contributed by atoms with E-state index in [1.54, 1.807) is 14.2 Å². The lowest BCUT2D eigenvalue weighted by molar-refractivity contribution is -0.683. The van der Waals surface area contributed by atoms with Crippen LogP contribution in [0, 0.1) is 13.8 Å². The monoisotopic (exact) mass is 360 g/mol. The molecule has 4 rings (SSSR count). The Hall–Kier alpha value is -2.22. The van der Waals surface area contributed by atoms with E-state index in [4.69, 9.17) is 9.73 Å². The van der Waals surface area contributed by atoms with E-state index < -0.39 is 6.04 Å². The zero-order chi connectivity index (χ0) is 18.6. The number of aromatic nitrogens is 2. The molecule has 2 aliphatic heterocycles. The van der Waals surface area contributed by atoms with E-state index in [1.807, 2.05) is 11.5 Å². The summed E-state index contributed by atoms with van der Waals surface area (Å²) in [6.07, 6.45) is 4.73. The van der Waals surface area contributed by atoms with Crippen molar-refractivity contribution in [3.05, 3.63) is 11.4 Å². The van der Waals surface area contributed by atoms with Gasteiger partial charge in [-0.05, 0) is 39.5 Å². The molecule has 8 nitrogen and oxygen atoms in total. The van der Waals surface area contributed by atoms with E-state index in [-0.39, 0.29) is 18.5 Å². The second-order valence-corrected chi connectivity index (χ2v) is 7.35. The van der Waals surface area contributed by atoms with Crippen LogP contribution in [-0.4, -0.2) is 59.4 Å². The average molecular weight is 360 g/mol. The molecular weight excluding hydrogens is 334 g/mol. The number of hydrogen-bond donors (Lipinski definition) is 0. The molecule has 1 unspecified atom stereocenters. The standard InChI is InChI=1S/C18H26N5O3/c1-11-12(2)23-14-15(19-17(23)22(11)13-7-5-6-8-13)20(3)18(25)21(16(14)24)9-10-26-4/h13-14H,5-10H2,1-4H3/q+1. The number of hydrogen-bond acceptors (Lipinski definition) is 4. The van der Waals surface area contributed by atoms with Gasteiger partial charge in [-0.1, -0.05) is 4.99 Å². The second-order valence-electron chi connectivity index (χ2n) is 7.35. The number of methoxy groups -OCH3 is 1. The minimum absolute atomic E-state index is 0.223. The van der Waals surface area contributed by atoms with Crippen LogP contribution in [0.2, 0.25) is 0 Å². The fourth-order valence-corrected chi connectivity index (χ4v) is 4.45. The topological polar surface area (TPSA) is 71.0 Å². The molecule has 3 aliphatic rings. The van der Waals surface area contributed by atoms with Gasteiger partial charge in [-0.3, -0.25) is 14.6 Å². The summed E-state index contributed by atoms with van der Waals surface area (Å²) >= 11 is 0. The van der Waals surface area contributed by atoms with Crippen LogP contribution in [0.15, 0.2) is 4.99 Å². The molecule has 0 radical (unpaired) electrons. The molecular formula is C18H26N5O3+. The molecule has 140 valence electrons. The number of carbonyl (C=O) groups excluding carboxylic acids is 2. The summed E-state index contributed by atoms with van der Waals surface area (Å²) in [5, 5.41) is 0. The lowest BCUT2D eigenvalue weighted by atomic mass is 10.1. The number of likely N-dealkylation sites (N-methyl/N-ethyl adjacent to an activating group) is 1. The Labute approximate surface area is 153 Å². The molecule has 1 atom stereocenters. The van der Waals surface area contributed by atoms with E-state index in [1.165, 1.54) is 22.6 Å². The van der Waals surface area contributed by atoms with E-state index in [9.17, 15) is 9.59 Å². The Kier molecular flexibility index (Phi) is 4.10. The van der Waals surface area contributed by atoms with Crippen LogP contribution in [0.25, 0.3) is 0 Å². The Morgan fingerprint density at radius 2 is 1.92 bits per heavy atom. The molecule has 3 amide bonds. The largest absolute Gasteiger partial charge is 0.402 e. The van der Waals surface area contributed by atoms with Crippen LogP contribution in [0.5, 0.6) is 0 Å². The number of imidazole rings is 1. The highest BCUT2D eigenvalue weighted by atomic mass is 16.5. The highest BCUT2D eigenvalue weighted by molar-refractivity contribution is 6.19. The number of rotatable bonds is 4. The van der Waals surface area contributed by atoms with Crippen molar-refractivity contribution in [2.75, 3.05) is 27.3 Å². The molecule has 0 spiro atoms. The number of aliphatic imine (C=N–C) groups is 1. The first kappa shape index (κ1) is 17.2. The molecule has 8 heteroatoms. The van der Waals surface area contributed by atoms with E-state index in [0.717, 1.165) is 30.2 Å². The number of imide groups is 1. The van der Waals surface area contributed by atoms with Crippen molar-refractivity contribution in [3.8, 4) is 0 Å². The van der Waals surface area contributed by atoms with Gasteiger partial charge in [0.05, 0.1) is 19.2 Å². The number of urea groups is 1. The van der Waals surface area contributed by atoms with Crippen molar-refractivity contribution in [1.29, 1.82) is 0 Å². The van der Waals surface area contributed by atoms with E-state index >= 15 is 0 Å². The van der Waals surface area contributed by atoms with Crippen molar-refractivity contribution < 1.29 is 18.9 Å². The summed E-state index contributed by atoms with van der Waals surface area (Å²) in [6.45, 7) is 4.70. The van der Waals surface area contributed by atoms with Gasteiger partial charge in [0.25, 0.3) is 5.91 Å². The second kappa shape index (κ2) is 6.19. The molecule has 26 heavy (non-hydrogen) atoms. The maximum Gasteiger partial charge on any atom is 0.402 e. The minimum Gasteiger partial charge on any atom is -0.383 e. The van der Waals surface area contributed by atoms with Gasteiger partial charge >= 0.3 is 12.0 Å². The lowest BCUT2D eigenvalue weighted by Gasteiger charge is -2.33. The summed E-state index contributed by atoms with van der Waals surface area (Å²) in [5.41, 5.74) is 2.20. The van der Waals surface area contributed by atoms with E-state index in [2.05, 4.69) is 11.5 Å². The van der Waals surface area contributed by atoms with E-state index in [0.29, 0.717) is 18.5 Å². The smallest absolute Gasteiger partial charge is 0.383 e. The third kappa shape index (κ3) is 2.24. The van der Waals surface area contributed by atoms with Gasteiger partial charge < -0.3 is 4.74 Å². The quantitative estimate of drug-likeness (QED) is 0.766. The van der Waals surface area contributed by atoms with Crippen LogP contribution in [-0.2, 0) is 9.53 Å². The Balaban J connectivity index is 1.80. The first-order valence-corrected chi connectivity index (χ1v) is 9.26. The molecule has 1 saturated heterocycles. The summed E-state index contributed by atoms with van der Waals surface area (Å²) in [6, 6.07) is -0.476. The minimum atomic E-state index is -0.564. The third-order valence-electron chi connectivity index (χ3n) is 5.96. The molecule has 1 aromatic rings. The van der Waals surface area contributed by atoms with Crippen LogP contribution < -0.4 is 4.57 Å². The van der Waals surface area contributed by atoms with Crippen LogP contribution in [0.4, 0.5) is 10.7 Å². The van der Waals surface area contributed by atoms with Gasteiger partial charge in [0, 0.05) is 14.2 Å². The molecule has 0 N–H and O–H groups in total. The lowest BCUT2D eigenvalue weighted by Crippen LogP contribution is -2.63. The van der Waals surface area contributed by atoms with Crippen molar-refractivity contribution in [1.82, 2.24) is 14.4 Å². The Bertz CT molecular complexity index is 806. The van der Waals surface area contributed by atoms with Crippen molar-refractivity contribution in [3.63, 3.8) is 0 Å². The number of ether oxygens (including phenoxy) is 1. The van der Waals surface area contributed by atoms with Crippen LogP contribution >= 0.6 is 0 Å². The highest BCUT2D eigenvalue weighted by Gasteiger charge is 2.54. The highest BCUT2D eigenvalue weighted by Crippen LogP contribution is 2.38. The first-order valence-electron chi connectivity index (χ1n) is 9.26. The number of amidine groups is 1. The normalized spacial score (nSPS) is 22.9.